The van der Waals surface area contributed by atoms with Crippen molar-refractivity contribution < 1.29 is 27.4 Å². The highest BCUT2D eigenvalue weighted by Crippen LogP contribution is 2.34. The first-order valence-electron chi connectivity index (χ1n) is 9.34. The lowest BCUT2D eigenvalue weighted by Crippen LogP contribution is -2.40. The van der Waals surface area contributed by atoms with Crippen molar-refractivity contribution in [2.24, 2.45) is 0 Å². The van der Waals surface area contributed by atoms with E-state index in [0.29, 0.717) is 35.9 Å². The smallest absolute Gasteiger partial charge is 0.240 e. The third kappa shape index (κ3) is 4.01. The second kappa shape index (κ2) is 7.92. The highest BCUT2D eigenvalue weighted by molar-refractivity contribution is 7.89. The predicted octanol–water partition coefficient (Wildman–Crippen LogP) is 1.94. The van der Waals surface area contributed by atoms with E-state index in [1.54, 1.807) is 23.1 Å². The summed E-state index contributed by atoms with van der Waals surface area (Å²) in [6.07, 6.45) is 0.730. The molecule has 8 nitrogen and oxygen atoms in total. The lowest BCUT2D eigenvalue weighted by Gasteiger charge is -2.26. The van der Waals surface area contributed by atoms with Gasteiger partial charge in [-0.1, -0.05) is 12.1 Å². The fourth-order valence-corrected chi connectivity index (χ4v) is 4.49. The van der Waals surface area contributed by atoms with Crippen LogP contribution in [0.15, 0.2) is 47.4 Å². The van der Waals surface area contributed by atoms with Gasteiger partial charge in [-0.2, -0.15) is 0 Å². The molecule has 2 heterocycles. The number of methoxy groups -OCH3 is 1. The summed E-state index contributed by atoms with van der Waals surface area (Å²) in [6, 6.07) is 11.7. The Morgan fingerprint density at radius 3 is 2.72 bits per heavy atom. The Balaban J connectivity index is 1.49. The molecule has 0 saturated carbocycles. The maximum atomic E-state index is 12.8. The Kier molecular flexibility index (Phi) is 5.33. The van der Waals surface area contributed by atoms with Crippen LogP contribution >= 0.6 is 0 Å². The number of carbonyl (C=O) groups is 1. The lowest BCUT2D eigenvalue weighted by atomic mass is 10.2. The molecule has 9 heteroatoms. The number of hydrogen-bond donors (Lipinski definition) is 1. The third-order valence-electron chi connectivity index (χ3n) is 4.89. The molecule has 2 aromatic rings. The van der Waals surface area contributed by atoms with E-state index in [1.165, 1.54) is 19.2 Å². The van der Waals surface area contributed by atoms with E-state index in [-0.39, 0.29) is 24.0 Å². The summed E-state index contributed by atoms with van der Waals surface area (Å²) in [5.74, 6) is 1.64. The molecule has 1 amide bonds. The zero-order valence-corrected chi connectivity index (χ0v) is 16.8. The molecule has 1 atom stereocenters. The van der Waals surface area contributed by atoms with Crippen LogP contribution in [0.3, 0.4) is 0 Å². The topological polar surface area (TPSA) is 94.2 Å². The SMILES string of the molecule is COc1ccc(S(=O)(=O)NCC2COc3ccccc3O2)cc1N1CCCC1=O. The average molecular weight is 418 g/mol. The minimum Gasteiger partial charge on any atom is -0.495 e. The van der Waals surface area contributed by atoms with Crippen molar-refractivity contribution in [3.05, 3.63) is 42.5 Å². The first kappa shape index (κ1) is 19.5. The molecule has 0 radical (unpaired) electrons. The van der Waals surface area contributed by atoms with E-state index in [2.05, 4.69) is 4.72 Å². The Hall–Kier alpha value is -2.78. The summed E-state index contributed by atoms with van der Waals surface area (Å²) in [7, 11) is -2.32. The van der Waals surface area contributed by atoms with Gasteiger partial charge in [0.25, 0.3) is 0 Å². The molecular formula is C20H22N2O6S. The Bertz CT molecular complexity index is 1020. The first-order valence-corrected chi connectivity index (χ1v) is 10.8. The van der Waals surface area contributed by atoms with Crippen LogP contribution in [0, 0.1) is 0 Å². The van der Waals surface area contributed by atoms with Crippen molar-refractivity contribution >= 4 is 21.6 Å². The maximum Gasteiger partial charge on any atom is 0.240 e. The summed E-state index contributed by atoms with van der Waals surface area (Å²) >= 11 is 0. The van der Waals surface area contributed by atoms with Gasteiger partial charge in [-0.15, -0.1) is 0 Å². The van der Waals surface area contributed by atoms with Gasteiger partial charge in [0.05, 0.1) is 24.2 Å². The fraction of sp³-hybridized carbons (Fsp3) is 0.350. The van der Waals surface area contributed by atoms with E-state index in [4.69, 9.17) is 14.2 Å². The van der Waals surface area contributed by atoms with Gasteiger partial charge in [0.2, 0.25) is 15.9 Å². The molecule has 1 unspecified atom stereocenters. The van der Waals surface area contributed by atoms with Gasteiger partial charge in [0, 0.05) is 13.0 Å². The van der Waals surface area contributed by atoms with Gasteiger partial charge in [-0.25, -0.2) is 13.1 Å². The van der Waals surface area contributed by atoms with Crippen LogP contribution < -0.4 is 23.8 Å². The number of rotatable bonds is 6. The summed E-state index contributed by atoms with van der Waals surface area (Å²) in [5, 5.41) is 0. The second-order valence-corrected chi connectivity index (χ2v) is 8.60. The largest absolute Gasteiger partial charge is 0.495 e. The zero-order chi connectivity index (χ0) is 20.4. The van der Waals surface area contributed by atoms with Crippen LogP contribution in [-0.4, -0.2) is 47.2 Å². The number of sulfonamides is 1. The first-order chi connectivity index (χ1) is 14.0. The molecule has 0 aromatic heterocycles. The number of benzene rings is 2. The van der Waals surface area contributed by atoms with Crippen molar-refractivity contribution in [1.82, 2.24) is 4.72 Å². The Labute approximate surface area is 169 Å². The van der Waals surface area contributed by atoms with Crippen LogP contribution in [0.4, 0.5) is 5.69 Å². The van der Waals surface area contributed by atoms with E-state index in [0.717, 1.165) is 6.42 Å². The summed E-state index contributed by atoms with van der Waals surface area (Å²) in [6.45, 7) is 0.842. The molecule has 154 valence electrons. The third-order valence-corrected chi connectivity index (χ3v) is 6.31. The fourth-order valence-electron chi connectivity index (χ4n) is 3.40. The zero-order valence-electron chi connectivity index (χ0n) is 16.0. The van der Waals surface area contributed by atoms with Crippen LogP contribution in [0.1, 0.15) is 12.8 Å². The van der Waals surface area contributed by atoms with Gasteiger partial charge in [0.15, 0.2) is 11.5 Å². The molecule has 2 aliphatic heterocycles. The van der Waals surface area contributed by atoms with Crippen LogP contribution in [0.25, 0.3) is 0 Å². The van der Waals surface area contributed by atoms with Gasteiger partial charge >= 0.3 is 0 Å². The molecular weight excluding hydrogens is 396 g/mol. The van der Waals surface area contributed by atoms with E-state index < -0.39 is 16.1 Å². The van der Waals surface area contributed by atoms with Gasteiger partial charge in [0.1, 0.15) is 18.5 Å². The second-order valence-electron chi connectivity index (χ2n) is 6.83. The van der Waals surface area contributed by atoms with Crippen molar-refractivity contribution in [3.63, 3.8) is 0 Å². The molecule has 29 heavy (non-hydrogen) atoms. The quantitative estimate of drug-likeness (QED) is 0.771. The van der Waals surface area contributed by atoms with Crippen LogP contribution in [-0.2, 0) is 14.8 Å². The monoisotopic (exact) mass is 418 g/mol. The summed E-state index contributed by atoms with van der Waals surface area (Å²) in [4.78, 5) is 13.7. The molecule has 1 saturated heterocycles. The number of anilines is 1. The normalized spacial score (nSPS) is 18.7. The van der Waals surface area contributed by atoms with Crippen molar-refractivity contribution in [1.29, 1.82) is 0 Å². The number of nitrogens with one attached hydrogen (secondary N) is 1. The number of para-hydroxylation sites is 2. The minimum absolute atomic E-state index is 0.0442. The van der Waals surface area contributed by atoms with Crippen molar-refractivity contribution in [3.8, 4) is 17.2 Å². The number of ether oxygens (including phenoxy) is 3. The Morgan fingerprint density at radius 1 is 1.21 bits per heavy atom. The Morgan fingerprint density at radius 2 is 2.00 bits per heavy atom. The molecule has 0 bridgehead atoms. The highest BCUT2D eigenvalue weighted by atomic mass is 32.2. The number of carbonyl (C=O) groups excluding carboxylic acids is 1. The standard InChI is InChI=1S/C20H22N2O6S/c1-26-17-9-8-15(11-16(17)22-10-4-7-20(22)23)29(24,25)21-12-14-13-27-18-5-2-3-6-19(18)28-14/h2-3,5-6,8-9,11,14,21H,4,7,10,12-13H2,1H3. The number of amides is 1. The highest BCUT2D eigenvalue weighted by Gasteiger charge is 2.28. The van der Waals surface area contributed by atoms with Crippen molar-refractivity contribution in [2.45, 2.75) is 23.8 Å². The predicted molar refractivity (Wildman–Crippen MR) is 106 cm³/mol. The maximum absolute atomic E-state index is 12.8. The average Bonchev–Trinajstić information content (AvgIpc) is 3.17. The van der Waals surface area contributed by atoms with Crippen molar-refractivity contribution in [2.75, 3.05) is 31.7 Å². The molecule has 0 aliphatic carbocycles. The lowest BCUT2D eigenvalue weighted by molar-refractivity contribution is -0.117. The van der Waals surface area contributed by atoms with Crippen LogP contribution in [0.2, 0.25) is 0 Å². The van der Waals surface area contributed by atoms with E-state index >= 15 is 0 Å². The van der Waals surface area contributed by atoms with Gasteiger partial charge in [-0.05, 0) is 36.8 Å². The molecule has 2 aromatic carbocycles. The van der Waals surface area contributed by atoms with Gasteiger partial charge in [-0.3, -0.25) is 4.79 Å². The number of nitrogens with zero attached hydrogens (tertiary/aromatic N) is 1. The summed E-state index contributed by atoms with van der Waals surface area (Å²) < 4.78 is 44.9. The van der Waals surface area contributed by atoms with Crippen LogP contribution in [0.5, 0.6) is 17.2 Å². The number of fused-ring (bicyclic) bond motifs is 1. The molecule has 4 rings (SSSR count). The number of hydrogen-bond acceptors (Lipinski definition) is 6. The molecule has 2 aliphatic rings. The van der Waals surface area contributed by atoms with Gasteiger partial charge < -0.3 is 19.1 Å². The molecule has 0 spiro atoms. The molecule has 1 fully saturated rings. The minimum atomic E-state index is -3.81. The summed E-state index contributed by atoms with van der Waals surface area (Å²) in [5.41, 5.74) is 0.462. The van der Waals surface area contributed by atoms with E-state index in [1.807, 2.05) is 12.1 Å². The molecule has 1 N–H and O–H groups in total. The van der Waals surface area contributed by atoms with E-state index in [9.17, 15) is 13.2 Å².